The lowest BCUT2D eigenvalue weighted by molar-refractivity contribution is -0.125. The number of hydrogen-bond donors (Lipinski definition) is 2. The lowest BCUT2D eigenvalue weighted by Crippen LogP contribution is -2.50. The standard InChI is InChI=1S/C31H28BrCl2N3O2/c1-16-10-23-24(11-17(16)2)36-31(27-25(35-23)13-30(3,4)14-26(27)38)19-6-5-7-20(32)28(19)37(29(31)39)15-18-8-9-21(33)22(34)12-18/h5-12,35-36H,13-15H2,1-4H3. The van der Waals surface area contributed by atoms with Crippen LogP contribution in [-0.2, 0) is 21.7 Å². The molecule has 1 aliphatic carbocycles. The summed E-state index contributed by atoms with van der Waals surface area (Å²) in [6, 6.07) is 15.3. The number of hydrogen-bond acceptors (Lipinski definition) is 4. The van der Waals surface area contributed by atoms with Crippen LogP contribution >= 0.6 is 39.1 Å². The predicted octanol–water partition coefficient (Wildman–Crippen LogP) is 8.30. The van der Waals surface area contributed by atoms with Crippen molar-refractivity contribution in [3.63, 3.8) is 0 Å². The molecule has 0 saturated carbocycles. The van der Waals surface area contributed by atoms with Crippen LogP contribution in [0, 0.1) is 19.3 Å². The van der Waals surface area contributed by atoms with Crippen molar-refractivity contribution >= 4 is 67.9 Å². The van der Waals surface area contributed by atoms with E-state index in [0.717, 1.165) is 49.5 Å². The number of allylic oxidation sites excluding steroid dienone is 1. The van der Waals surface area contributed by atoms with Crippen molar-refractivity contribution in [2.24, 2.45) is 5.41 Å². The SMILES string of the molecule is Cc1cc2c(cc1C)NC1(C(=O)N(Cc3ccc(Cl)c(Cl)c3)c3c(Br)cccc31)C1=C(CC(C)(C)CC1=O)N2. The number of ketones is 1. The van der Waals surface area contributed by atoms with Gasteiger partial charge in [0.15, 0.2) is 11.3 Å². The molecule has 1 atom stereocenters. The number of carbonyl (C=O) groups is 2. The molecule has 2 aliphatic heterocycles. The van der Waals surface area contributed by atoms with Crippen LogP contribution in [0.4, 0.5) is 17.1 Å². The summed E-state index contributed by atoms with van der Waals surface area (Å²) in [5.74, 6) is -0.234. The van der Waals surface area contributed by atoms with E-state index in [0.29, 0.717) is 28.5 Å². The summed E-state index contributed by atoms with van der Waals surface area (Å²) in [5, 5.41) is 8.10. The molecule has 0 fully saturated rings. The Balaban J connectivity index is 1.62. The summed E-state index contributed by atoms with van der Waals surface area (Å²) >= 11 is 16.2. The summed E-state index contributed by atoms with van der Waals surface area (Å²) < 4.78 is 0.773. The number of para-hydroxylation sites is 1. The second kappa shape index (κ2) is 9.12. The van der Waals surface area contributed by atoms with Gasteiger partial charge < -0.3 is 15.5 Å². The molecule has 0 bridgehead atoms. The van der Waals surface area contributed by atoms with Crippen LogP contribution in [0.5, 0.6) is 0 Å². The van der Waals surface area contributed by atoms with Gasteiger partial charge in [0.1, 0.15) is 0 Å². The van der Waals surface area contributed by atoms with Crippen LogP contribution in [0.25, 0.3) is 0 Å². The van der Waals surface area contributed by atoms with E-state index in [9.17, 15) is 9.59 Å². The monoisotopic (exact) mass is 623 g/mol. The van der Waals surface area contributed by atoms with Gasteiger partial charge in [0.2, 0.25) is 0 Å². The van der Waals surface area contributed by atoms with Crippen molar-refractivity contribution in [3.05, 3.63) is 96.6 Å². The van der Waals surface area contributed by atoms with Gasteiger partial charge in [-0.25, -0.2) is 0 Å². The van der Waals surface area contributed by atoms with Gasteiger partial charge >= 0.3 is 0 Å². The smallest absolute Gasteiger partial charge is 0.262 e. The average Bonchev–Trinajstić information content (AvgIpc) is 2.98. The van der Waals surface area contributed by atoms with E-state index in [2.05, 4.69) is 59.5 Å². The quantitative estimate of drug-likeness (QED) is 0.301. The van der Waals surface area contributed by atoms with E-state index >= 15 is 0 Å². The van der Waals surface area contributed by atoms with Crippen LogP contribution < -0.4 is 15.5 Å². The third kappa shape index (κ3) is 4.11. The van der Waals surface area contributed by atoms with Crippen LogP contribution in [-0.4, -0.2) is 11.7 Å². The number of nitrogens with one attached hydrogen (secondary N) is 2. The zero-order chi connectivity index (χ0) is 27.9. The molecular formula is C31H28BrCl2N3O2. The fourth-order valence-electron chi connectivity index (χ4n) is 6.16. The number of anilines is 3. The van der Waals surface area contributed by atoms with E-state index in [1.165, 1.54) is 0 Å². The minimum absolute atomic E-state index is 0.0295. The summed E-state index contributed by atoms with van der Waals surface area (Å²) in [6.07, 6.45) is 1.00. The Morgan fingerprint density at radius 3 is 2.38 bits per heavy atom. The average molecular weight is 625 g/mol. The molecule has 2 N–H and O–H groups in total. The lowest BCUT2D eigenvalue weighted by atomic mass is 9.69. The molecule has 3 aromatic rings. The highest BCUT2D eigenvalue weighted by Gasteiger charge is 2.59. The molecule has 3 aromatic carbocycles. The summed E-state index contributed by atoms with van der Waals surface area (Å²) in [7, 11) is 0. The first kappa shape index (κ1) is 26.4. The normalized spacial score (nSPS) is 21.3. The maximum absolute atomic E-state index is 14.9. The van der Waals surface area contributed by atoms with Crippen molar-refractivity contribution in [2.45, 2.75) is 52.6 Å². The minimum atomic E-state index is -1.39. The van der Waals surface area contributed by atoms with E-state index in [4.69, 9.17) is 23.2 Å². The molecule has 200 valence electrons. The Morgan fingerprint density at radius 2 is 1.67 bits per heavy atom. The van der Waals surface area contributed by atoms with Crippen molar-refractivity contribution in [1.82, 2.24) is 0 Å². The van der Waals surface area contributed by atoms with Gasteiger partial charge in [0.25, 0.3) is 5.91 Å². The number of Topliss-reactive ketones (excluding diaryl/α,β-unsaturated/α-hetero) is 1. The molecule has 0 aromatic heterocycles. The Morgan fingerprint density at radius 1 is 0.949 bits per heavy atom. The number of fused-ring (bicyclic) bond motifs is 4. The number of halogens is 3. The summed E-state index contributed by atoms with van der Waals surface area (Å²) in [6.45, 7) is 8.58. The fraction of sp³-hybridized carbons (Fsp3) is 0.290. The van der Waals surface area contributed by atoms with Crippen LogP contribution in [0.15, 0.2) is 64.3 Å². The topological polar surface area (TPSA) is 61.4 Å². The van der Waals surface area contributed by atoms with Crippen molar-refractivity contribution in [2.75, 3.05) is 15.5 Å². The number of aryl methyl sites for hydroxylation is 2. The van der Waals surface area contributed by atoms with Gasteiger partial charge in [0, 0.05) is 22.2 Å². The predicted molar refractivity (Wildman–Crippen MR) is 162 cm³/mol. The highest BCUT2D eigenvalue weighted by molar-refractivity contribution is 9.10. The molecule has 1 spiro atoms. The number of benzene rings is 3. The van der Waals surface area contributed by atoms with Gasteiger partial charge in [-0.15, -0.1) is 0 Å². The number of carbonyl (C=O) groups excluding carboxylic acids is 2. The molecule has 1 amide bonds. The number of rotatable bonds is 2. The van der Waals surface area contributed by atoms with Gasteiger partial charge in [-0.1, -0.05) is 55.2 Å². The van der Waals surface area contributed by atoms with E-state index in [-0.39, 0.29) is 23.7 Å². The molecule has 5 nitrogen and oxygen atoms in total. The maximum atomic E-state index is 14.9. The number of amides is 1. The third-order valence-electron chi connectivity index (χ3n) is 8.04. The van der Waals surface area contributed by atoms with Gasteiger partial charge in [-0.05, 0) is 88.6 Å². The van der Waals surface area contributed by atoms with Crippen LogP contribution in [0.3, 0.4) is 0 Å². The molecule has 1 unspecified atom stereocenters. The molecule has 0 saturated heterocycles. The first-order valence-corrected chi connectivity index (χ1v) is 14.4. The Kier molecular flexibility index (Phi) is 6.18. The summed E-state index contributed by atoms with van der Waals surface area (Å²) in [5.41, 5.74) is 5.84. The zero-order valence-corrected chi connectivity index (χ0v) is 25.2. The fourth-order valence-corrected chi connectivity index (χ4v) is 7.06. The Bertz CT molecular complexity index is 1630. The third-order valence-corrected chi connectivity index (χ3v) is 9.42. The first-order chi connectivity index (χ1) is 18.4. The molecule has 3 aliphatic rings. The molecule has 39 heavy (non-hydrogen) atoms. The molecule has 8 heteroatoms. The van der Waals surface area contributed by atoms with Gasteiger partial charge in [-0.3, -0.25) is 9.59 Å². The maximum Gasteiger partial charge on any atom is 0.262 e. The largest absolute Gasteiger partial charge is 0.362 e. The highest BCUT2D eigenvalue weighted by atomic mass is 79.9. The van der Waals surface area contributed by atoms with Gasteiger partial charge in [0.05, 0.1) is 39.2 Å². The van der Waals surface area contributed by atoms with Crippen LogP contribution in [0.2, 0.25) is 10.0 Å². The minimum Gasteiger partial charge on any atom is -0.362 e. The van der Waals surface area contributed by atoms with Crippen LogP contribution in [0.1, 0.15) is 48.9 Å². The first-order valence-electron chi connectivity index (χ1n) is 12.9. The van der Waals surface area contributed by atoms with E-state index in [1.807, 2.05) is 31.2 Å². The Hall–Kier alpha value is -2.80. The second-order valence-electron chi connectivity index (χ2n) is 11.6. The molecular weight excluding hydrogens is 597 g/mol. The molecule has 2 heterocycles. The summed E-state index contributed by atoms with van der Waals surface area (Å²) in [4.78, 5) is 30.7. The lowest BCUT2D eigenvalue weighted by Gasteiger charge is -2.38. The second-order valence-corrected chi connectivity index (χ2v) is 13.2. The molecule has 0 radical (unpaired) electrons. The van der Waals surface area contributed by atoms with Crippen molar-refractivity contribution < 1.29 is 9.59 Å². The Labute approximate surface area is 246 Å². The van der Waals surface area contributed by atoms with Gasteiger partial charge in [-0.2, -0.15) is 0 Å². The molecule has 6 rings (SSSR count). The highest BCUT2D eigenvalue weighted by Crippen LogP contribution is 2.55. The van der Waals surface area contributed by atoms with Crippen molar-refractivity contribution in [3.8, 4) is 0 Å². The van der Waals surface area contributed by atoms with E-state index < -0.39 is 5.54 Å². The van der Waals surface area contributed by atoms with E-state index in [1.54, 1.807) is 17.0 Å². The van der Waals surface area contributed by atoms with Crippen molar-refractivity contribution in [1.29, 1.82) is 0 Å². The number of nitrogens with zero attached hydrogens (tertiary/aromatic N) is 1. The zero-order valence-electron chi connectivity index (χ0n) is 22.1.